The molecular formula is C19H19N3O. The molecule has 0 atom stereocenters. The second-order valence-corrected chi connectivity index (χ2v) is 6.03. The van der Waals surface area contributed by atoms with Crippen molar-refractivity contribution in [2.45, 2.75) is 18.9 Å². The SMILES string of the molecule is Cc1nnc(C2CN(C(c3ccccc3)c3ccccc3)C2)o1. The Morgan fingerprint density at radius 3 is 1.96 bits per heavy atom. The van der Waals surface area contributed by atoms with Gasteiger partial charge in [0.25, 0.3) is 0 Å². The van der Waals surface area contributed by atoms with Gasteiger partial charge in [0.15, 0.2) is 0 Å². The van der Waals surface area contributed by atoms with Gasteiger partial charge in [-0.25, -0.2) is 0 Å². The topological polar surface area (TPSA) is 42.2 Å². The predicted octanol–water partition coefficient (Wildman–Crippen LogP) is 3.57. The van der Waals surface area contributed by atoms with Crippen molar-refractivity contribution in [1.82, 2.24) is 15.1 Å². The molecule has 0 radical (unpaired) electrons. The average molecular weight is 305 g/mol. The lowest BCUT2D eigenvalue weighted by atomic mass is 9.90. The second-order valence-electron chi connectivity index (χ2n) is 6.03. The van der Waals surface area contributed by atoms with Crippen molar-refractivity contribution in [3.8, 4) is 0 Å². The molecular weight excluding hydrogens is 286 g/mol. The van der Waals surface area contributed by atoms with Crippen molar-refractivity contribution in [2.24, 2.45) is 0 Å². The van der Waals surface area contributed by atoms with E-state index in [0.29, 0.717) is 11.8 Å². The van der Waals surface area contributed by atoms with Gasteiger partial charge in [-0.05, 0) is 11.1 Å². The minimum atomic E-state index is 0.276. The van der Waals surface area contributed by atoms with E-state index >= 15 is 0 Å². The van der Waals surface area contributed by atoms with Crippen LogP contribution in [-0.2, 0) is 0 Å². The highest BCUT2D eigenvalue weighted by Gasteiger charge is 2.37. The molecule has 4 heteroatoms. The number of likely N-dealkylation sites (tertiary alicyclic amines) is 1. The van der Waals surface area contributed by atoms with Crippen molar-refractivity contribution in [3.05, 3.63) is 83.6 Å². The van der Waals surface area contributed by atoms with Crippen LogP contribution in [0.25, 0.3) is 0 Å². The highest BCUT2D eigenvalue weighted by atomic mass is 16.4. The standard InChI is InChI=1S/C19H19N3O/c1-14-20-21-19(23-14)17-12-22(13-17)18(15-8-4-2-5-9-15)16-10-6-3-7-11-16/h2-11,17-18H,12-13H2,1H3. The third-order valence-electron chi connectivity index (χ3n) is 4.40. The first-order valence-corrected chi connectivity index (χ1v) is 7.95. The zero-order valence-corrected chi connectivity index (χ0v) is 13.1. The Kier molecular flexibility index (Phi) is 3.67. The zero-order chi connectivity index (χ0) is 15.6. The maximum absolute atomic E-state index is 5.58. The number of hydrogen-bond donors (Lipinski definition) is 0. The van der Waals surface area contributed by atoms with Crippen molar-refractivity contribution in [3.63, 3.8) is 0 Å². The molecule has 116 valence electrons. The Labute approximate surface area is 135 Å². The van der Waals surface area contributed by atoms with Crippen molar-refractivity contribution in [2.75, 3.05) is 13.1 Å². The van der Waals surface area contributed by atoms with Crippen LogP contribution in [-0.4, -0.2) is 28.2 Å². The molecule has 1 aliphatic rings. The summed E-state index contributed by atoms with van der Waals surface area (Å²) < 4.78 is 5.58. The number of rotatable bonds is 4. The molecule has 4 nitrogen and oxygen atoms in total. The molecule has 0 bridgehead atoms. The molecule has 0 saturated carbocycles. The smallest absolute Gasteiger partial charge is 0.222 e. The molecule has 3 aromatic rings. The molecule has 0 aliphatic carbocycles. The fourth-order valence-electron chi connectivity index (χ4n) is 3.24. The van der Waals surface area contributed by atoms with E-state index in [0.717, 1.165) is 19.0 Å². The number of nitrogens with zero attached hydrogens (tertiary/aromatic N) is 3. The summed E-state index contributed by atoms with van der Waals surface area (Å²) in [5, 5.41) is 8.10. The van der Waals surface area contributed by atoms with Gasteiger partial charge < -0.3 is 4.42 Å². The van der Waals surface area contributed by atoms with Crippen LogP contribution in [0, 0.1) is 6.92 Å². The highest BCUT2D eigenvalue weighted by Crippen LogP contribution is 2.37. The van der Waals surface area contributed by atoms with Gasteiger partial charge in [-0.3, -0.25) is 4.90 Å². The van der Waals surface area contributed by atoms with E-state index in [1.807, 2.05) is 6.92 Å². The first-order chi connectivity index (χ1) is 11.3. The van der Waals surface area contributed by atoms with Crippen LogP contribution < -0.4 is 0 Å². The maximum Gasteiger partial charge on any atom is 0.222 e. The van der Waals surface area contributed by atoms with Gasteiger partial charge in [-0.2, -0.15) is 0 Å². The first kappa shape index (κ1) is 14.2. The Balaban J connectivity index is 1.58. The van der Waals surface area contributed by atoms with Gasteiger partial charge in [0, 0.05) is 20.0 Å². The van der Waals surface area contributed by atoms with E-state index in [9.17, 15) is 0 Å². The monoisotopic (exact) mass is 305 g/mol. The van der Waals surface area contributed by atoms with Crippen LogP contribution in [0.15, 0.2) is 65.1 Å². The molecule has 2 aromatic carbocycles. The van der Waals surface area contributed by atoms with E-state index in [4.69, 9.17) is 4.42 Å². The van der Waals surface area contributed by atoms with Crippen molar-refractivity contribution in [1.29, 1.82) is 0 Å². The predicted molar refractivity (Wildman–Crippen MR) is 88.1 cm³/mol. The fraction of sp³-hybridized carbons (Fsp3) is 0.263. The molecule has 1 aromatic heterocycles. The molecule has 0 amide bonds. The van der Waals surface area contributed by atoms with E-state index in [1.54, 1.807) is 0 Å². The molecule has 2 heterocycles. The molecule has 1 saturated heterocycles. The lowest BCUT2D eigenvalue weighted by Gasteiger charge is -2.43. The van der Waals surface area contributed by atoms with Crippen LogP contribution in [0.3, 0.4) is 0 Å². The van der Waals surface area contributed by atoms with E-state index in [1.165, 1.54) is 11.1 Å². The molecule has 4 rings (SSSR count). The van der Waals surface area contributed by atoms with Gasteiger partial charge in [0.2, 0.25) is 11.8 Å². The Hall–Kier alpha value is -2.46. The highest BCUT2D eigenvalue weighted by molar-refractivity contribution is 5.32. The molecule has 1 aliphatic heterocycles. The summed E-state index contributed by atoms with van der Waals surface area (Å²) in [5.74, 6) is 1.74. The molecule has 0 unspecified atom stereocenters. The van der Waals surface area contributed by atoms with E-state index < -0.39 is 0 Å². The first-order valence-electron chi connectivity index (χ1n) is 7.95. The van der Waals surface area contributed by atoms with Gasteiger partial charge in [-0.1, -0.05) is 60.7 Å². The third-order valence-corrected chi connectivity index (χ3v) is 4.40. The van der Waals surface area contributed by atoms with Crippen LogP contribution >= 0.6 is 0 Å². The largest absolute Gasteiger partial charge is 0.425 e. The summed E-state index contributed by atoms with van der Waals surface area (Å²) in [6, 6.07) is 21.6. The Morgan fingerprint density at radius 1 is 0.913 bits per heavy atom. The number of hydrogen-bond acceptors (Lipinski definition) is 4. The zero-order valence-electron chi connectivity index (χ0n) is 13.1. The minimum Gasteiger partial charge on any atom is -0.425 e. The molecule has 23 heavy (non-hydrogen) atoms. The second kappa shape index (κ2) is 5.97. The van der Waals surface area contributed by atoms with E-state index in [2.05, 4.69) is 75.8 Å². The van der Waals surface area contributed by atoms with Gasteiger partial charge in [0.05, 0.1) is 12.0 Å². The summed E-state index contributed by atoms with van der Waals surface area (Å²) in [6.45, 7) is 3.72. The third kappa shape index (κ3) is 2.78. The summed E-state index contributed by atoms with van der Waals surface area (Å²) in [4.78, 5) is 2.47. The number of aromatic nitrogens is 2. The summed E-state index contributed by atoms with van der Waals surface area (Å²) in [6.07, 6.45) is 0. The van der Waals surface area contributed by atoms with Gasteiger partial charge in [-0.15, -0.1) is 10.2 Å². The van der Waals surface area contributed by atoms with Crippen molar-refractivity contribution < 1.29 is 4.42 Å². The summed E-state index contributed by atoms with van der Waals surface area (Å²) in [7, 11) is 0. The lowest BCUT2D eigenvalue weighted by molar-refractivity contribution is 0.0960. The lowest BCUT2D eigenvalue weighted by Crippen LogP contribution is -2.47. The van der Waals surface area contributed by atoms with Crippen molar-refractivity contribution >= 4 is 0 Å². The fourth-order valence-corrected chi connectivity index (χ4v) is 3.24. The van der Waals surface area contributed by atoms with Crippen LogP contribution in [0.5, 0.6) is 0 Å². The van der Waals surface area contributed by atoms with Crippen LogP contribution in [0.1, 0.15) is 34.9 Å². The van der Waals surface area contributed by atoms with E-state index in [-0.39, 0.29) is 6.04 Å². The van der Waals surface area contributed by atoms with Crippen LogP contribution in [0.2, 0.25) is 0 Å². The van der Waals surface area contributed by atoms with Gasteiger partial charge >= 0.3 is 0 Å². The molecule has 0 spiro atoms. The number of benzene rings is 2. The Bertz CT molecular complexity index is 724. The quantitative estimate of drug-likeness (QED) is 0.739. The summed E-state index contributed by atoms with van der Waals surface area (Å²) >= 11 is 0. The molecule has 1 fully saturated rings. The van der Waals surface area contributed by atoms with Crippen LogP contribution in [0.4, 0.5) is 0 Å². The number of aryl methyl sites for hydroxylation is 1. The molecule has 0 N–H and O–H groups in total. The average Bonchev–Trinajstić information content (AvgIpc) is 2.98. The minimum absolute atomic E-state index is 0.276. The maximum atomic E-state index is 5.58. The Morgan fingerprint density at radius 2 is 1.48 bits per heavy atom. The summed E-state index contributed by atoms with van der Waals surface area (Å²) in [5.41, 5.74) is 2.64. The van der Waals surface area contributed by atoms with Gasteiger partial charge in [0.1, 0.15) is 0 Å². The normalized spacial score (nSPS) is 15.7.